The van der Waals surface area contributed by atoms with E-state index in [-0.39, 0.29) is 11.8 Å². The van der Waals surface area contributed by atoms with Crippen molar-refractivity contribution in [1.29, 1.82) is 0 Å². The third-order valence-corrected chi connectivity index (χ3v) is 3.87. The summed E-state index contributed by atoms with van der Waals surface area (Å²) in [5, 5.41) is 0. The molecule has 1 saturated heterocycles. The highest BCUT2D eigenvalue weighted by molar-refractivity contribution is 5.76. The van der Waals surface area contributed by atoms with Crippen molar-refractivity contribution in [3.63, 3.8) is 0 Å². The van der Waals surface area contributed by atoms with Crippen LogP contribution in [0.15, 0.2) is 24.3 Å². The van der Waals surface area contributed by atoms with E-state index in [2.05, 4.69) is 17.9 Å². The van der Waals surface area contributed by atoms with Gasteiger partial charge in [-0.25, -0.2) is 0 Å². The zero-order valence-electron chi connectivity index (χ0n) is 10.8. The summed E-state index contributed by atoms with van der Waals surface area (Å²) < 4.78 is 0. The fraction of sp³-hybridized carbons (Fsp3) is 0.500. The van der Waals surface area contributed by atoms with Crippen LogP contribution in [0.2, 0.25) is 0 Å². The summed E-state index contributed by atoms with van der Waals surface area (Å²) in [6.07, 6.45) is 1.73. The molecule has 1 aromatic carbocycles. The number of nitrogens with two attached hydrogens (primary N) is 2. The van der Waals surface area contributed by atoms with Gasteiger partial charge in [0.25, 0.3) is 0 Å². The number of nitrogen functional groups attached to an aromatic ring is 1. The zero-order chi connectivity index (χ0) is 13.1. The topological polar surface area (TPSA) is 72.3 Å². The fourth-order valence-electron chi connectivity index (χ4n) is 2.60. The first-order valence-corrected chi connectivity index (χ1v) is 6.46. The number of hydrogen-bond acceptors (Lipinski definition) is 3. The Labute approximate surface area is 108 Å². The summed E-state index contributed by atoms with van der Waals surface area (Å²) >= 11 is 0. The zero-order valence-corrected chi connectivity index (χ0v) is 10.8. The minimum absolute atomic E-state index is 0.0503. The molecule has 0 bridgehead atoms. The van der Waals surface area contributed by atoms with Crippen molar-refractivity contribution in [3.8, 4) is 0 Å². The maximum absolute atomic E-state index is 11.1. The summed E-state index contributed by atoms with van der Waals surface area (Å²) in [5.74, 6) is -0.111. The molecule has 1 aliphatic rings. The van der Waals surface area contributed by atoms with Crippen molar-refractivity contribution in [2.24, 2.45) is 11.7 Å². The van der Waals surface area contributed by atoms with Crippen LogP contribution in [0.3, 0.4) is 0 Å². The van der Waals surface area contributed by atoms with Gasteiger partial charge in [0.05, 0.1) is 0 Å². The first-order chi connectivity index (χ1) is 8.58. The Bertz CT molecular complexity index is 425. The molecule has 1 heterocycles. The van der Waals surface area contributed by atoms with E-state index in [0.717, 1.165) is 31.6 Å². The maximum atomic E-state index is 11.1. The van der Waals surface area contributed by atoms with Crippen LogP contribution in [0.1, 0.15) is 31.4 Å². The minimum Gasteiger partial charge on any atom is -0.399 e. The minimum atomic E-state index is -0.161. The van der Waals surface area contributed by atoms with Gasteiger partial charge in [0, 0.05) is 17.6 Å². The van der Waals surface area contributed by atoms with Crippen LogP contribution in [-0.4, -0.2) is 23.9 Å². The molecule has 0 saturated carbocycles. The highest BCUT2D eigenvalue weighted by Crippen LogP contribution is 2.27. The molecule has 1 atom stereocenters. The van der Waals surface area contributed by atoms with Gasteiger partial charge in [-0.1, -0.05) is 12.1 Å². The van der Waals surface area contributed by atoms with E-state index in [4.69, 9.17) is 11.5 Å². The van der Waals surface area contributed by atoms with Crippen molar-refractivity contribution >= 4 is 11.6 Å². The molecule has 98 valence electrons. The van der Waals surface area contributed by atoms with Crippen molar-refractivity contribution < 1.29 is 4.79 Å². The van der Waals surface area contributed by atoms with Crippen molar-refractivity contribution in [2.45, 2.75) is 25.8 Å². The molecule has 0 aromatic heterocycles. The average molecular weight is 247 g/mol. The monoisotopic (exact) mass is 247 g/mol. The highest BCUT2D eigenvalue weighted by atomic mass is 16.1. The molecule has 4 nitrogen and oxygen atoms in total. The van der Waals surface area contributed by atoms with Crippen molar-refractivity contribution in [2.75, 3.05) is 18.8 Å². The second kappa shape index (κ2) is 5.40. The van der Waals surface area contributed by atoms with E-state index in [9.17, 15) is 4.79 Å². The van der Waals surface area contributed by atoms with Gasteiger partial charge in [-0.3, -0.25) is 9.69 Å². The van der Waals surface area contributed by atoms with Crippen LogP contribution in [0.4, 0.5) is 5.69 Å². The predicted molar refractivity (Wildman–Crippen MR) is 72.8 cm³/mol. The average Bonchev–Trinajstić information content (AvgIpc) is 2.38. The smallest absolute Gasteiger partial charge is 0.220 e. The molecule has 4 N–H and O–H groups in total. The Hall–Kier alpha value is -1.55. The Morgan fingerprint density at radius 3 is 2.61 bits per heavy atom. The standard InChI is InChI=1S/C14H21N3O/c1-10(12-3-2-4-13(15)9-12)17-7-5-11(6-8-17)14(16)18/h2-4,9-11H,5-8,15H2,1H3,(H2,16,18). The Morgan fingerprint density at radius 2 is 2.06 bits per heavy atom. The van der Waals surface area contributed by atoms with Crippen LogP contribution in [0, 0.1) is 5.92 Å². The molecule has 1 amide bonds. The number of likely N-dealkylation sites (tertiary alicyclic amines) is 1. The number of primary amides is 1. The molecule has 4 heteroatoms. The summed E-state index contributed by atoms with van der Waals surface area (Å²) in [4.78, 5) is 13.5. The van der Waals surface area contributed by atoms with Gasteiger partial charge >= 0.3 is 0 Å². The van der Waals surface area contributed by atoms with Crippen LogP contribution < -0.4 is 11.5 Å². The van der Waals surface area contributed by atoms with E-state index < -0.39 is 0 Å². The predicted octanol–water partition coefficient (Wildman–Crippen LogP) is 1.53. The third-order valence-electron chi connectivity index (χ3n) is 3.87. The van der Waals surface area contributed by atoms with Gasteiger partial charge in [-0.05, 0) is 50.6 Å². The van der Waals surface area contributed by atoms with Crippen LogP contribution in [0.5, 0.6) is 0 Å². The van der Waals surface area contributed by atoms with E-state index >= 15 is 0 Å². The number of nitrogens with zero attached hydrogens (tertiary/aromatic N) is 1. The summed E-state index contributed by atoms with van der Waals surface area (Å²) in [5.41, 5.74) is 13.2. The molecule has 0 aliphatic carbocycles. The van der Waals surface area contributed by atoms with E-state index in [1.54, 1.807) is 0 Å². The SMILES string of the molecule is CC(c1cccc(N)c1)N1CCC(C(N)=O)CC1. The number of rotatable bonds is 3. The Morgan fingerprint density at radius 1 is 1.39 bits per heavy atom. The molecule has 1 aliphatic heterocycles. The number of carbonyl (C=O) groups is 1. The second-order valence-electron chi connectivity index (χ2n) is 5.06. The third kappa shape index (κ3) is 2.82. The summed E-state index contributed by atoms with van der Waals surface area (Å²) in [6, 6.07) is 8.33. The molecular formula is C14H21N3O. The normalized spacial score (nSPS) is 19.6. The Kier molecular flexibility index (Phi) is 3.87. The molecular weight excluding hydrogens is 226 g/mol. The summed E-state index contributed by atoms with van der Waals surface area (Å²) in [7, 11) is 0. The van der Waals surface area contributed by atoms with E-state index in [1.165, 1.54) is 5.56 Å². The maximum Gasteiger partial charge on any atom is 0.220 e. The first kappa shape index (κ1) is 12.9. The van der Waals surface area contributed by atoms with Crippen LogP contribution in [-0.2, 0) is 4.79 Å². The Balaban J connectivity index is 1.99. The lowest BCUT2D eigenvalue weighted by molar-refractivity contribution is -0.123. The molecule has 1 aromatic rings. The number of anilines is 1. The second-order valence-corrected chi connectivity index (χ2v) is 5.06. The van der Waals surface area contributed by atoms with Gasteiger partial charge in [0.2, 0.25) is 5.91 Å². The molecule has 0 spiro atoms. The van der Waals surface area contributed by atoms with Gasteiger partial charge < -0.3 is 11.5 Å². The van der Waals surface area contributed by atoms with Crippen LogP contribution in [0.25, 0.3) is 0 Å². The number of benzene rings is 1. The first-order valence-electron chi connectivity index (χ1n) is 6.46. The van der Waals surface area contributed by atoms with Crippen LogP contribution >= 0.6 is 0 Å². The van der Waals surface area contributed by atoms with E-state index in [0.29, 0.717) is 6.04 Å². The molecule has 1 unspecified atom stereocenters. The van der Waals surface area contributed by atoms with Crippen molar-refractivity contribution in [1.82, 2.24) is 4.90 Å². The van der Waals surface area contributed by atoms with Gasteiger partial charge in [0.15, 0.2) is 0 Å². The molecule has 0 radical (unpaired) electrons. The lowest BCUT2D eigenvalue weighted by Crippen LogP contribution is -2.39. The van der Waals surface area contributed by atoms with Gasteiger partial charge in [0.1, 0.15) is 0 Å². The number of hydrogen-bond donors (Lipinski definition) is 2. The summed E-state index contributed by atoms with van der Waals surface area (Å²) in [6.45, 7) is 4.02. The number of piperidine rings is 1. The number of carbonyl (C=O) groups excluding carboxylic acids is 1. The lowest BCUT2D eigenvalue weighted by Gasteiger charge is -2.35. The molecule has 18 heavy (non-hydrogen) atoms. The van der Waals surface area contributed by atoms with Crippen molar-refractivity contribution in [3.05, 3.63) is 29.8 Å². The van der Waals surface area contributed by atoms with E-state index in [1.807, 2.05) is 18.2 Å². The number of amides is 1. The quantitative estimate of drug-likeness (QED) is 0.796. The molecule has 2 rings (SSSR count). The van der Waals surface area contributed by atoms with Gasteiger partial charge in [-0.2, -0.15) is 0 Å². The lowest BCUT2D eigenvalue weighted by atomic mass is 9.94. The fourth-order valence-corrected chi connectivity index (χ4v) is 2.60. The highest BCUT2D eigenvalue weighted by Gasteiger charge is 2.26. The largest absolute Gasteiger partial charge is 0.399 e. The van der Waals surface area contributed by atoms with Gasteiger partial charge in [-0.15, -0.1) is 0 Å². The molecule has 1 fully saturated rings.